The highest BCUT2D eigenvalue weighted by Crippen LogP contribution is 2.34. The van der Waals surface area contributed by atoms with Gasteiger partial charge in [-0.1, -0.05) is 12.8 Å². The second-order valence-electron chi connectivity index (χ2n) is 5.04. The zero-order valence-corrected chi connectivity index (χ0v) is 8.55. The van der Waals surface area contributed by atoms with Crippen molar-refractivity contribution in [2.45, 2.75) is 57.1 Å². The highest BCUT2D eigenvalue weighted by molar-refractivity contribution is 4.90. The van der Waals surface area contributed by atoms with Gasteiger partial charge in [0.1, 0.15) is 0 Å². The van der Waals surface area contributed by atoms with Crippen molar-refractivity contribution in [1.29, 1.82) is 0 Å². The fourth-order valence-electron chi connectivity index (χ4n) is 2.06. The summed E-state index contributed by atoms with van der Waals surface area (Å²) in [6, 6.07) is 0.595. The molecule has 13 heavy (non-hydrogen) atoms. The van der Waals surface area contributed by atoms with Gasteiger partial charge in [0.05, 0.1) is 5.60 Å². The van der Waals surface area contributed by atoms with E-state index in [1.807, 2.05) is 0 Å². The molecule has 0 bridgehead atoms. The minimum Gasteiger partial charge on any atom is -0.389 e. The van der Waals surface area contributed by atoms with Crippen LogP contribution < -0.4 is 5.32 Å². The summed E-state index contributed by atoms with van der Waals surface area (Å²) in [5.74, 6) is 0.985. The van der Waals surface area contributed by atoms with Crippen molar-refractivity contribution in [1.82, 2.24) is 5.32 Å². The predicted molar refractivity (Wildman–Crippen MR) is 53.6 cm³/mol. The third-order valence-corrected chi connectivity index (χ3v) is 3.45. The maximum absolute atomic E-state index is 9.85. The summed E-state index contributed by atoms with van der Waals surface area (Å²) in [5, 5.41) is 13.3. The van der Waals surface area contributed by atoms with E-state index in [1.54, 1.807) is 0 Å². The highest BCUT2D eigenvalue weighted by atomic mass is 16.3. The van der Waals surface area contributed by atoms with Gasteiger partial charge in [0, 0.05) is 12.6 Å². The van der Waals surface area contributed by atoms with Crippen LogP contribution in [0.15, 0.2) is 0 Å². The molecule has 1 unspecified atom stereocenters. The molecule has 2 fully saturated rings. The summed E-state index contributed by atoms with van der Waals surface area (Å²) in [6.45, 7) is 3.04. The molecule has 1 atom stereocenters. The first-order valence-corrected chi connectivity index (χ1v) is 5.64. The molecular weight excluding hydrogens is 162 g/mol. The Hall–Kier alpha value is -0.0800. The normalized spacial score (nSPS) is 28.2. The van der Waals surface area contributed by atoms with Gasteiger partial charge in [-0.25, -0.2) is 0 Å². The van der Waals surface area contributed by atoms with E-state index in [2.05, 4.69) is 12.2 Å². The first-order chi connectivity index (χ1) is 6.18. The van der Waals surface area contributed by atoms with Crippen molar-refractivity contribution in [3.63, 3.8) is 0 Å². The Balaban J connectivity index is 1.60. The van der Waals surface area contributed by atoms with Gasteiger partial charge < -0.3 is 10.4 Å². The third-order valence-electron chi connectivity index (χ3n) is 3.45. The molecule has 0 saturated heterocycles. The van der Waals surface area contributed by atoms with Crippen LogP contribution in [0, 0.1) is 5.92 Å². The Morgan fingerprint density at radius 3 is 2.62 bits per heavy atom. The second kappa shape index (κ2) is 3.58. The molecule has 0 radical (unpaired) electrons. The minimum atomic E-state index is -0.349. The fourth-order valence-corrected chi connectivity index (χ4v) is 2.06. The lowest BCUT2D eigenvalue weighted by molar-refractivity contribution is -0.0331. The van der Waals surface area contributed by atoms with E-state index in [1.165, 1.54) is 25.7 Å². The Bertz CT molecular complexity index is 173. The quantitative estimate of drug-likeness (QED) is 0.679. The van der Waals surface area contributed by atoms with Crippen molar-refractivity contribution >= 4 is 0 Å². The van der Waals surface area contributed by atoms with Gasteiger partial charge in [-0.2, -0.15) is 0 Å². The van der Waals surface area contributed by atoms with Crippen LogP contribution in [0.25, 0.3) is 0 Å². The largest absolute Gasteiger partial charge is 0.389 e. The average molecular weight is 183 g/mol. The predicted octanol–water partition coefficient (Wildman–Crippen LogP) is 1.68. The summed E-state index contributed by atoms with van der Waals surface area (Å²) in [5.41, 5.74) is -0.349. The summed E-state index contributed by atoms with van der Waals surface area (Å²) in [7, 11) is 0. The smallest absolute Gasteiger partial charge is 0.0771 e. The van der Waals surface area contributed by atoms with Crippen molar-refractivity contribution in [2.75, 3.05) is 6.54 Å². The van der Waals surface area contributed by atoms with Gasteiger partial charge in [-0.3, -0.25) is 0 Å². The number of hydrogen-bond acceptors (Lipinski definition) is 2. The molecule has 0 heterocycles. The Labute approximate surface area is 80.7 Å². The molecule has 2 heteroatoms. The molecule has 0 aliphatic heterocycles. The van der Waals surface area contributed by atoms with Gasteiger partial charge in [0.25, 0.3) is 0 Å². The van der Waals surface area contributed by atoms with E-state index in [-0.39, 0.29) is 5.60 Å². The maximum Gasteiger partial charge on any atom is 0.0771 e. The summed E-state index contributed by atoms with van der Waals surface area (Å²) in [4.78, 5) is 0. The Morgan fingerprint density at radius 2 is 2.15 bits per heavy atom. The van der Waals surface area contributed by atoms with Gasteiger partial charge in [0.15, 0.2) is 0 Å². The monoisotopic (exact) mass is 183 g/mol. The molecule has 2 nitrogen and oxygen atoms in total. The van der Waals surface area contributed by atoms with Crippen LogP contribution >= 0.6 is 0 Å². The van der Waals surface area contributed by atoms with Crippen LogP contribution in [0.3, 0.4) is 0 Å². The molecule has 2 aliphatic carbocycles. The molecule has 2 rings (SSSR count). The van der Waals surface area contributed by atoms with E-state index in [9.17, 15) is 5.11 Å². The van der Waals surface area contributed by atoms with Gasteiger partial charge >= 0.3 is 0 Å². The lowest BCUT2D eigenvalue weighted by Gasteiger charge is -2.37. The molecule has 0 aromatic rings. The van der Waals surface area contributed by atoms with Crippen LogP contribution in [0.2, 0.25) is 0 Å². The number of aliphatic hydroxyl groups is 1. The van der Waals surface area contributed by atoms with E-state index in [4.69, 9.17) is 0 Å². The Morgan fingerprint density at radius 1 is 1.46 bits per heavy atom. The lowest BCUT2D eigenvalue weighted by Crippen LogP contribution is -2.48. The van der Waals surface area contributed by atoms with Crippen molar-refractivity contribution in [3.8, 4) is 0 Å². The molecule has 2 aliphatic rings. The van der Waals surface area contributed by atoms with E-state index >= 15 is 0 Å². The number of nitrogens with one attached hydrogen (secondary N) is 1. The molecule has 2 N–H and O–H groups in total. The van der Waals surface area contributed by atoms with E-state index < -0.39 is 0 Å². The molecule has 0 amide bonds. The van der Waals surface area contributed by atoms with E-state index in [0.29, 0.717) is 6.04 Å². The SMILES string of the molecule is CC(CC1CC1)NCC1(O)CCC1. The zero-order valence-electron chi connectivity index (χ0n) is 8.55. The number of rotatable bonds is 5. The maximum atomic E-state index is 9.85. The molecule has 2 saturated carbocycles. The first-order valence-electron chi connectivity index (χ1n) is 5.64. The van der Waals surface area contributed by atoms with Crippen LogP contribution in [0.4, 0.5) is 0 Å². The third kappa shape index (κ3) is 2.68. The fraction of sp³-hybridized carbons (Fsp3) is 1.00. The van der Waals surface area contributed by atoms with Gasteiger partial charge in [-0.15, -0.1) is 0 Å². The van der Waals surface area contributed by atoms with Crippen molar-refractivity contribution < 1.29 is 5.11 Å². The second-order valence-corrected chi connectivity index (χ2v) is 5.04. The standard InChI is InChI=1S/C11H21NO/c1-9(7-10-3-4-10)12-8-11(13)5-2-6-11/h9-10,12-13H,2-8H2,1H3. The molecule has 0 spiro atoms. The van der Waals surface area contributed by atoms with Crippen molar-refractivity contribution in [3.05, 3.63) is 0 Å². The summed E-state index contributed by atoms with van der Waals surface area (Å²) >= 11 is 0. The first kappa shape index (κ1) is 9.47. The summed E-state index contributed by atoms with van der Waals surface area (Å²) in [6.07, 6.45) is 7.35. The topological polar surface area (TPSA) is 32.3 Å². The van der Waals surface area contributed by atoms with Crippen LogP contribution in [-0.4, -0.2) is 23.3 Å². The van der Waals surface area contributed by atoms with Crippen LogP contribution in [0.5, 0.6) is 0 Å². The van der Waals surface area contributed by atoms with Crippen LogP contribution in [-0.2, 0) is 0 Å². The molecular formula is C11H21NO. The minimum absolute atomic E-state index is 0.349. The van der Waals surface area contributed by atoms with Crippen molar-refractivity contribution in [2.24, 2.45) is 5.92 Å². The summed E-state index contributed by atoms with van der Waals surface area (Å²) < 4.78 is 0. The molecule has 0 aromatic heterocycles. The zero-order chi connectivity index (χ0) is 9.31. The molecule has 76 valence electrons. The molecule has 0 aromatic carbocycles. The number of hydrogen-bond donors (Lipinski definition) is 2. The van der Waals surface area contributed by atoms with E-state index in [0.717, 1.165) is 25.3 Å². The van der Waals surface area contributed by atoms with Crippen LogP contribution in [0.1, 0.15) is 45.4 Å². The lowest BCUT2D eigenvalue weighted by atomic mass is 9.80. The highest BCUT2D eigenvalue weighted by Gasteiger charge is 2.34. The average Bonchev–Trinajstić information content (AvgIpc) is 2.81. The van der Waals surface area contributed by atoms with Gasteiger partial charge in [-0.05, 0) is 38.5 Å². The van der Waals surface area contributed by atoms with Gasteiger partial charge in [0.2, 0.25) is 0 Å². The Kier molecular flexibility index (Phi) is 2.61.